The summed E-state index contributed by atoms with van der Waals surface area (Å²) in [6.07, 6.45) is 0.681. The van der Waals surface area contributed by atoms with E-state index < -0.39 is 6.04 Å². The first-order chi connectivity index (χ1) is 10.3. The number of benzene rings is 1. The molecule has 1 aromatic carbocycles. The van der Waals surface area contributed by atoms with Gasteiger partial charge in [0.05, 0.1) is 0 Å². The minimum atomic E-state index is -0.546. The Balaban J connectivity index is 1.88. The van der Waals surface area contributed by atoms with Crippen molar-refractivity contribution in [3.63, 3.8) is 0 Å². The molecule has 0 aliphatic carbocycles. The van der Waals surface area contributed by atoms with Crippen molar-refractivity contribution in [2.45, 2.75) is 51.6 Å². The van der Waals surface area contributed by atoms with E-state index in [2.05, 4.69) is 26.1 Å². The van der Waals surface area contributed by atoms with Gasteiger partial charge in [0.25, 0.3) is 5.91 Å². The molecule has 0 bridgehead atoms. The van der Waals surface area contributed by atoms with Gasteiger partial charge in [0, 0.05) is 18.5 Å². The molecule has 0 aromatic heterocycles. The van der Waals surface area contributed by atoms with Gasteiger partial charge >= 0.3 is 0 Å². The van der Waals surface area contributed by atoms with Gasteiger partial charge in [0.15, 0.2) is 0 Å². The Morgan fingerprint density at radius 2 is 1.91 bits per heavy atom. The Bertz CT molecular complexity index is 673. The van der Waals surface area contributed by atoms with Gasteiger partial charge in [0.1, 0.15) is 6.04 Å². The fraction of sp³-hybridized carbons (Fsp3) is 0.471. The van der Waals surface area contributed by atoms with Crippen LogP contribution >= 0.6 is 0 Å². The first-order valence-electron chi connectivity index (χ1n) is 7.55. The molecule has 1 saturated heterocycles. The van der Waals surface area contributed by atoms with Gasteiger partial charge in [0.2, 0.25) is 11.8 Å². The molecule has 116 valence electrons. The maximum absolute atomic E-state index is 12.7. The van der Waals surface area contributed by atoms with E-state index >= 15 is 0 Å². The smallest absolute Gasteiger partial charge is 0.255 e. The second-order valence-electron chi connectivity index (χ2n) is 7.02. The predicted octanol–water partition coefficient (Wildman–Crippen LogP) is 1.75. The van der Waals surface area contributed by atoms with Crippen LogP contribution in [-0.4, -0.2) is 28.7 Å². The summed E-state index contributed by atoms with van der Waals surface area (Å²) in [4.78, 5) is 37.5. The Labute approximate surface area is 129 Å². The fourth-order valence-electron chi connectivity index (χ4n) is 3.02. The van der Waals surface area contributed by atoms with Crippen molar-refractivity contribution in [1.82, 2.24) is 10.2 Å². The molecule has 1 N–H and O–H groups in total. The molecule has 3 rings (SSSR count). The second kappa shape index (κ2) is 4.93. The third-order valence-electron chi connectivity index (χ3n) is 4.39. The van der Waals surface area contributed by atoms with E-state index in [-0.39, 0.29) is 29.6 Å². The lowest BCUT2D eigenvalue weighted by Gasteiger charge is -2.29. The molecule has 0 saturated carbocycles. The number of imide groups is 1. The predicted molar refractivity (Wildman–Crippen MR) is 81.2 cm³/mol. The van der Waals surface area contributed by atoms with Gasteiger partial charge in [-0.3, -0.25) is 19.7 Å². The zero-order valence-electron chi connectivity index (χ0n) is 13.1. The molecule has 0 radical (unpaired) electrons. The van der Waals surface area contributed by atoms with E-state index in [0.717, 1.165) is 11.1 Å². The van der Waals surface area contributed by atoms with E-state index in [9.17, 15) is 14.4 Å². The number of nitrogens with zero attached hydrogens (tertiary/aromatic N) is 1. The summed E-state index contributed by atoms with van der Waals surface area (Å²) >= 11 is 0. The lowest BCUT2D eigenvalue weighted by Crippen LogP contribution is -2.52. The van der Waals surface area contributed by atoms with Crippen molar-refractivity contribution >= 4 is 17.7 Å². The van der Waals surface area contributed by atoms with E-state index in [1.807, 2.05) is 18.2 Å². The van der Waals surface area contributed by atoms with Gasteiger partial charge in [-0.05, 0) is 29.0 Å². The fourth-order valence-corrected chi connectivity index (χ4v) is 3.02. The van der Waals surface area contributed by atoms with Crippen molar-refractivity contribution in [3.8, 4) is 0 Å². The Morgan fingerprint density at radius 3 is 2.55 bits per heavy atom. The molecule has 5 heteroatoms. The van der Waals surface area contributed by atoms with Crippen LogP contribution in [0.1, 0.15) is 55.1 Å². The monoisotopic (exact) mass is 300 g/mol. The standard InChI is InChI=1S/C17H20N2O3/c1-17(2,3)11-5-4-10-9-19(16(22)12(10)8-11)13-6-7-14(20)18-15(13)21/h4-5,8,13H,6-7,9H2,1-3H3,(H,18,20,21). The maximum atomic E-state index is 12.7. The van der Waals surface area contributed by atoms with Crippen LogP contribution in [0.5, 0.6) is 0 Å². The van der Waals surface area contributed by atoms with Gasteiger partial charge in [-0.15, -0.1) is 0 Å². The van der Waals surface area contributed by atoms with Crippen molar-refractivity contribution in [1.29, 1.82) is 0 Å². The SMILES string of the molecule is CC(C)(C)c1ccc2c(c1)C(=O)N(C1CCC(=O)NC1=O)C2. The largest absolute Gasteiger partial charge is 0.322 e. The normalized spacial score (nSPS) is 21.9. The highest BCUT2D eigenvalue weighted by atomic mass is 16.2. The first kappa shape index (κ1) is 14.8. The summed E-state index contributed by atoms with van der Waals surface area (Å²) in [6.45, 7) is 6.75. The van der Waals surface area contributed by atoms with Crippen molar-refractivity contribution in [3.05, 3.63) is 34.9 Å². The van der Waals surface area contributed by atoms with Crippen LogP contribution in [0.25, 0.3) is 0 Å². The summed E-state index contributed by atoms with van der Waals surface area (Å²) in [6, 6.07) is 5.40. The maximum Gasteiger partial charge on any atom is 0.255 e. The third kappa shape index (κ3) is 2.40. The van der Waals surface area contributed by atoms with E-state index in [1.165, 1.54) is 0 Å². The van der Waals surface area contributed by atoms with Crippen molar-refractivity contribution < 1.29 is 14.4 Å². The minimum Gasteiger partial charge on any atom is -0.322 e. The quantitative estimate of drug-likeness (QED) is 0.803. The Hall–Kier alpha value is -2.17. The molecule has 22 heavy (non-hydrogen) atoms. The number of hydrogen-bond acceptors (Lipinski definition) is 3. The summed E-state index contributed by atoms with van der Waals surface area (Å²) in [5.74, 6) is -0.746. The van der Waals surface area contributed by atoms with Gasteiger partial charge in [-0.1, -0.05) is 32.9 Å². The molecule has 2 aliphatic heterocycles. The van der Waals surface area contributed by atoms with Crippen LogP contribution in [0.15, 0.2) is 18.2 Å². The molecular formula is C17H20N2O3. The number of carbonyl (C=O) groups excluding carboxylic acids is 3. The molecule has 1 aromatic rings. The van der Waals surface area contributed by atoms with Crippen LogP contribution < -0.4 is 5.32 Å². The highest BCUT2D eigenvalue weighted by Gasteiger charge is 2.39. The number of carbonyl (C=O) groups is 3. The van der Waals surface area contributed by atoms with E-state index in [1.54, 1.807) is 4.90 Å². The number of fused-ring (bicyclic) bond motifs is 1. The molecule has 5 nitrogen and oxygen atoms in total. The zero-order valence-corrected chi connectivity index (χ0v) is 13.1. The number of piperidine rings is 1. The first-order valence-corrected chi connectivity index (χ1v) is 7.55. The molecule has 2 aliphatic rings. The summed E-state index contributed by atoms with van der Waals surface area (Å²) in [5.41, 5.74) is 2.70. The van der Waals surface area contributed by atoms with Crippen LogP contribution in [0.3, 0.4) is 0 Å². The average Bonchev–Trinajstić information content (AvgIpc) is 2.75. The molecule has 1 atom stereocenters. The summed E-state index contributed by atoms with van der Waals surface area (Å²) in [7, 11) is 0. The summed E-state index contributed by atoms with van der Waals surface area (Å²) in [5, 5.41) is 2.32. The number of rotatable bonds is 1. The number of nitrogens with one attached hydrogen (secondary N) is 1. The highest BCUT2D eigenvalue weighted by Crippen LogP contribution is 2.31. The second-order valence-corrected chi connectivity index (χ2v) is 7.02. The highest BCUT2D eigenvalue weighted by molar-refractivity contribution is 6.05. The van der Waals surface area contributed by atoms with E-state index in [0.29, 0.717) is 18.5 Å². The van der Waals surface area contributed by atoms with Crippen molar-refractivity contribution in [2.75, 3.05) is 0 Å². The Morgan fingerprint density at radius 1 is 1.18 bits per heavy atom. The molecule has 1 fully saturated rings. The topological polar surface area (TPSA) is 66.5 Å². The van der Waals surface area contributed by atoms with Crippen LogP contribution in [0, 0.1) is 0 Å². The zero-order chi connectivity index (χ0) is 16.1. The van der Waals surface area contributed by atoms with E-state index in [4.69, 9.17) is 0 Å². The lowest BCUT2D eigenvalue weighted by molar-refractivity contribution is -0.136. The summed E-state index contributed by atoms with van der Waals surface area (Å²) < 4.78 is 0. The molecule has 1 unspecified atom stereocenters. The van der Waals surface area contributed by atoms with Crippen LogP contribution in [0.2, 0.25) is 0 Å². The van der Waals surface area contributed by atoms with Gasteiger partial charge in [-0.25, -0.2) is 0 Å². The molecular weight excluding hydrogens is 280 g/mol. The Kier molecular flexibility index (Phi) is 3.31. The van der Waals surface area contributed by atoms with Crippen molar-refractivity contribution in [2.24, 2.45) is 0 Å². The molecule has 0 spiro atoms. The lowest BCUT2D eigenvalue weighted by atomic mass is 9.85. The van der Waals surface area contributed by atoms with Crippen LogP contribution in [-0.2, 0) is 21.5 Å². The average molecular weight is 300 g/mol. The number of hydrogen-bond donors (Lipinski definition) is 1. The minimum absolute atomic E-state index is 0.0304. The molecule has 3 amide bonds. The number of amides is 3. The molecule has 2 heterocycles. The third-order valence-corrected chi connectivity index (χ3v) is 4.39. The van der Waals surface area contributed by atoms with Gasteiger partial charge < -0.3 is 4.90 Å². The van der Waals surface area contributed by atoms with Crippen LogP contribution in [0.4, 0.5) is 0 Å². The van der Waals surface area contributed by atoms with Gasteiger partial charge in [-0.2, -0.15) is 0 Å².